The average Bonchev–Trinajstić information content (AvgIpc) is 3.22. The number of nitrogens with one attached hydrogen (secondary N) is 1. The summed E-state index contributed by atoms with van der Waals surface area (Å²) in [4.78, 5) is 19.5. The number of aromatic nitrogens is 3. The third-order valence-corrected chi connectivity index (χ3v) is 4.92. The van der Waals surface area contributed by atoms with Crippen molar-refractivity contribution in [3.8, 4) is 0 Å². The Labute approximate surface area is 175 Å². The molecule has 0 spiro atoms. The van der Waals surface area contributed by atoms with E-state index in [4.69, 9.17) is 15.5 Å². The molecular formula is C23H24N6O. The van der Waals surface area contributed by atoms with Crippen molar-refractivity contribution < 1.29 is 4.74 Å². The van der Waals surface area contributed by atoms with Crippen LogP contribution in [0.5, 0.6) is 0 Å². The van der Waals surface area contributed by atoms with Crippen LogP contribution in [0.2, 0.25) is 0 Å². The molecule has 30 heavy (non-hydrogen) atoms. The van der Waals surface area contributed by atoms with E-state index in [9.17, 15) is 0 Å². The van der Waals surface area contributed by atoms with Crippen molar-refractivity contribution in [2.75, 3.05) is 31.2 Å². The molecule has 152 valence electrons. The number of H-pyrrole nitrogens is 1. The van der Waals surface area contributed by atoms with Crippen LogP contribution in [0.15, 0.2) is 71.7 Å². The second-order valence-electron chi connectivity index (χ2n) is 6.96. The molecule has 0 aliphatic carbocycles. The third kappa shape index (κ3) is 4.17. The first kappa shape index (κ1) is 19.6. The number of fused-ring (bicyclic) bond motifs is 1. The summed E-state index contributed by atoms with van der Waals surface area (Å²) >= 11 is 0. The molecule has 4 rings (SSSR count). The van der Waals surface area contributed by atoms with E-state index in [1.165, 1.54) is 0 Å². The first-order valence-electron chi connectivity index (χ1n) is 9.81. The van der Waals surface area contributed by atoms with Crippen LogP contribution in [0.25, 0.3) is 16.7 Å². The van der Waals surface area contributed by atoms with Gasteiger partial charge in [0.25, 0.3) is 0 Å². The number of nitrogens with zero attached hydrogens (tertiary/aromatic N) is 4. The zero-order chi connectivity index (χ0) is 20.9. The standard InChI is InChI=1S/C23H24N6O/c1-3-6-18(24)22(23-27-19-7-4-5-8-20(19)28-23)26-16(2)17-9-10-21(25-15-17)29-11-13-30-14-12-29/h4-10,15H,1,11-14,24H2,2H3,(H,27,28)/b22-18+,26-16?. The van der Waals surface area contributed by atoms with Crippen molar-refractivity contribution in [1.82, 2.24) is 15.0 Å². The fraction of sp³-hybridized carbons (Fsp3) is 0.217. The average molecular weight is 400 g/mol. The minimum Gasteiger partial charge on any atom is -0.396 e. The van der Waals surface area contributed by atoms with Gasteiger partial charge >= 0.3 is 0 Å². The van der Waals surface area contributed by atoms with Crippen molar-refractivity contribution in [2.24, 2.45) is 10.7 Å². The van der Waals surface area contributed by atoms with Gasteiger partial charge in [0.15, 0.2) is 5.82 Å². The molecule has 1 aliphatic rings. The van der Waals surface area contributed by atoms with Crippen LogP contribution in [-0.4, -0.2) is 47.0 Å². The number of ether oxygens (including phenoxy) is 1. The van der Waals surface area contributed by atoms with Crippen LogP contribution in [0.1, 0.15) is 18.3 Å². The Morgan fingerprint density at radius 3 is 2.77 bits per heavy atom. The summed E-state index contributed by atoms with van der Waals surface area (Å²) in [6.07, 6.45) is 3.43. The largest absolute Gasteiger partial charge is 0.396 e. The number of benzene rings is 1. The van der Waals surface area contributed by atoms with E-state index in [-0.39, 0.29) is 0 Å². The Morgan fingerprint density at radius 1 is 1.27 bits per heavy atom. The Kier molecular flexibility index (Phi) is 5.75. The minimum absolute atomic E-state index is 0.432. The molecule has 1 aromatic carbocycles. The van der Waals surface area contributed by atoms with Gasteiger partial charge in [-0.1, -0.05) is 18.7 Å². The predicted molar refractivity (Wildman–Crippen MR) is 120 cm³/mol. The van der Waals surface area contributed by atoms with Crippen LogP contribution in [-0.2, 0) is 4.74 Å². The molecule has 3 aromatic rings. The van der Waals surface area contributed by atoms with E-state index in [1.54, 1.807) is 6.08 Å². The van der Waals surface area contributed by atoms with Crippen molar-refractivity contribution in [2.45, 2.75) is 6.92 Å². The quantitative estimate of drug-likeness (QED) is 0.390. The van der Waals surface area contributed by atoms with Crippen LogP contribution >= 0.6 is 0 Å². The summed E-state index contributed by atoms with van der Waals surface area (Å²) < 4.78 is 5.41. The highest BCUT2D eigenvalue weighted by Gasteiger charge is 2.14. The minimum atomic E-state index is 0.432. The van der Waals surface area contributed by atoms with Crippen molar-refractivity contribution in [3.05, 3.63) is 78.1 Å². The topological polar surface area (TPSA) is 92.4 Å². The number of rotatable bonds is 5. The second kappa shape index (κ2) is 8.78. The molecule has 7 heteroatoms. The molecule has 0 bridgehead atoms. The van der Waals surface area contributed by atoms with Crippen LogP contribution in [0.4, 0.5) is 5.82 Å². The van der Waals surface area contributed by atoms with Gasteiger partial charge in [0.05, 0.1) is 29.9 Å². The molecule has 1 fully saturated rings. The summed E-state index contributed by atoms with van der Waals surface area (Å²) in [6, 6.07) is 11.8. The number of nitrogens with two attached hydrogens (primary N) is 1. The van der Waals surface area contributed by atoms with Crippen LogP contribution in [0.3, 0.4) is 0 Å². The normalized spacial score (nSPS) is 15.6. The van der Waals surface area contributed by atoms with Crippen LogP contribution in [0, 0.1) is 0 Å². The zero-order valence-corrected chi connectivity index (χ0v) is 16.9. The highest BCUT2D eigenvalue weighted by molar-refractivity contribution is 6.01. The SMILES string of the molecule is C=C=C/C(N)=C(\N=C(C)c1ccc(N2CCOCC2)nc1)c1nc2ccccc2[nH]1. The van der Waals surface area contributed by atoms with E-state index in [1.807, 2.05) is 49.5 Å². The zero-order valence-electron chi connectivity index (χ0n) is 16.9. The molecule has 7 nitrogen and oxygen atoms in total. The Bertz CT molecular complexity index is 1110. The van der Waals surface area contributed by atoms with Crippen molar-refractivity contribution >= 4 is 28.3 Å². The van der Waals surface area contributed by atoms with Gasteiger partial charge < -0.3 is 20.4 Å². The predicted octanol–water partition coefficient (Wildman–Crippen LogP) is 3.27. The van der Waals surface area contributed by atoms with E-state index in [2.05, 4.69) is 32.2 Å². The van der Waals surface area contributed by atoms with Gasteiger partial charge in [0.1, 0.15) is 11.5 Å². The number of anilines is 1. The van der Waals surface area contributed by atoms with Crippen molar-refractivity contribution in [1.29, 1.82) is 0 Å². The number of aromatic amines is 1. The van der Waals surface area contributed by atoms with E-state index < -0.39 is 0 Å². The second-order valence-corrected chi connectivity index (χ2v) is 6.96. The van der Waals surface area contributed by atoms with E-state index in [0.717, 1.165) is 54.4 Å². The molecule has 3 heterocycles. The molecule has 0 atom stereocenters. The Balaban J connectivity index is 1.67. The Hall–Kier alpha value is -3.67. The van der Waals surface area contributed by atoms with Crippen LogP contribution < -0.4 is 10.6 Å². The number of hydrogen-bond acceptors (Lipinski definition) is 6. The highest BCUT2D eigenvalue weighted by atomic mass is 16.5. The van der Waals surface area contributed by atoms with Crippen molar-refractivity contribution in [3.63, 3.8) is 0 Å². The maximum atomic E-state index is 6.25. The van der Waals surface area contributed by atoms with E-state index in [0.29, 0.717) is 17.2 Å². The number of hydrogen-bond donors (Lipinski definition) is 2. The number of pyridine rings is 1. The molecule has 0 unspecified atom stereocenters. The smallest absolute Gasteiger partial charge is 0.159 e. The third-order valence-electron chi connectivity index (χ3n) is 4.92. The van der Waals surface area contributed by atoms with Gasteiger partial charge in [-0.15, -0.1) is 5.73 Å². The maximum Gasteiger partial charge on any atom is 0.159 e. The number of aliphatic imine (C=N–C) groups is 1. The maximum absolute atomic E-state index is 6.25. The fourth-order valence-corrected chi connectivity index (χ4v) is 3.31. The molecule has 0 radical (unpaired) electrons. The molecule has 0 saturated carbocycles. The fourth-order valence-electron chi connectivity index (χ4n) is 3.31. The lowest BCUT2D eigenvalue weighted by atomic mass is 10.2. The molecule has 2 aromatic heterocycles. The summed E-state index contributed by atoms with van der Waals surface area (Å²) in [5, 5.41) is 0. The lowest BCUT2D eigenvalue weighted by Gasteiger charge is -2.27. The summed E-state index contributed by atoms with van der Waals surface area (Å²) in [5.41, 5.74) is 13.4. The summed E-state index contributed by atoms with van der Waals surface area (Å²) in [5.74, 6) is 1.54. The number of allylic oxidation sites excluding steroid dienone is 1. The van der Waals surface area contributed by atoms with Gasteiger partial charge in [-0.2, -0.15) is 0 Å². The number of para-hydroxylation sites is 2. The lowest BCUT2D eigenvalue weighted by molar-refractivity contribution is 0.122. The first-order valence-corrected chi connectivity index (χ1v) is 9.81. The first-order chi connectivity index (χ1) is 14.7. The summed E-state index contributed by atoms with van der Waals surface area (Å²) in [7, 11) is 0. The molecular weight excluding hydrogens is 376 g/mol. The molecule has 3 N–H and O–H groups in total. The number of imidazole rings is 1. The molecule has 1 saturated heterocycles. The van der Waals surface area contributed by atoms with Gasteiger partial charge in [0, 0.05) is 36.6 Å². The van der Waals surface area contributed by atoms with Gasteiger partial charge in [-0.3, -0.25) is 0 Å². The van der Waals surface area contributed by atoms with Gasteiger partial charge in [-0.05, 0) is 31.2 Å². The van der Waals surface area contributed by atoms with Gasteiger partial charge in [0.2, 0.25) is 0 Å². The lowest BCUT2D eigenvalue weighted by Crippen LogP contribution is -2.36. The summed E-state index contributed by atoms with van der Waals surface area (Å²) in [6.45, 7) is 8.70. The number of morpholine rings is 1. The monoisotopic (exact) mass is 400 g/mol. The van der Waals surface area contributed by atoms with Gasteiger partial charge in [-0.25, -0.2) is 15.0 Å². The highest BCUT2D eigenvalue weighted by Crippen LogP contribution is 2.22. The van der Waals surface area contributed by atoms with E-state index >= 15 is 0 Å². The Morgan fingerprint density at radius 2 is 2.07 bits per heavy atom. The molecule has 1 aliphatic heterocycles. The molecule has 0 amide bonds.